The van der Waals surface area contributed by atoms with E-state index >= 15 is 0 Å². The first-order valence-electron chi connectivity index (χ1n) is 2.89. The van der Waals surface area contributed by atoms with E-state index in [1.807, 2.05) is 29.2 Å². The molecule has 4 heteroatoms. The maximum absolute atomic E-state index is 8.87. The zero-order valence-electron chi connectivity index (χ0n) is 6.07. The predicted molar refractivity (Wildman–Crippen MR) is 48.5 cm³/mol. The molecule has 0 amide bonds. The van der Waals surface area contributed by atoms with Crippen molar-refractivity contribution in [2.24, 2.45) is 0 Å². The number of thiocyanates is 1. The molecule has 0 radical (unpaired) electrons. The van der Waals surface area contributed by atoms with Crippen molar-refractivity contribution in [3.8, 4) is 5.40 Å². The Labute approximate surface area is 67.3 Å². The van der Waals surface area contributed by atoms with Gasteiger partial charge in [-0.15, -0.1) is 11.8 Å². The van der Waals surface area contributed by atoms with Crippen LogP contribution in [0.4, 0.5) is 0 Å². The molecule has 1 aliphatic heterocycles. The van der Waals surface area contributed by atoms with Crippen LogP contribution in [0.3, 0.4) is 0 Å². The zero-order chi connectivity index (χ0) is 7.61. The van der Waals surface area contributed by atoms with E-state index in [1.54, 1.807) is 11.8 Å². The summed E-state index contributed by atoms with van der Waals surface area (Å²) in [7, 11) is 2.74. The van der Waals surface area contributed by atoms with Crippen LogP contribution in [0.2, 0.25) is 0 Å². The summed E-state index contributed by atoms with van der Waals surface area (Å²) in [6.07, 6.45) is 0. The zero-order valence-corrected chi connectivity index (χ0v) is 7.71. The molecule has 1 heterocycles. The van der Waals surface area contributed by atoms with Gasteiger partial charge in [0.25, 0.3) is 0 Å². The van der Waals surface area contributed by atoms with Gasteiger partial charge < -0.3 is 0 Å². The highest BCUT2D eigenvalue weighted by atomic mass is 32.3. The second kappa shape index (κ2) is 2.87. The number of hydrogen-bond donors (Lipinski definition) is 0. The summed E-state index contributed by atoms with van der Waals surface area (Å²) in [5.41, 5.74) is 0. The maximum atomic E-state index is 8.87. The van der Waals surface area contributed by atoms with Crippen LogP contribution in [0.25, 0.3) is 0 Å². The summed E-state index contributed by atoms with van der Waals surface area (Å²) in [4.78, 5) is 0. The minimum atomic E-state index is -1.19. The molecule has 2 nitrogen and oxygen atoms in total. The van der Waals surface area contributed by atoms with E-state index in [0.29, 0.717) is 0 Å². The highest BCUT2D eigenvalue weighted by molar-refractivity contribution is 8.45. The third-order valence-corrected chi connectivity index (χ3v) is 6.12. The van der Waals surface area contributed by atoms with Gasteiger partial charge >= 0.3 is 0 Å². The van der Waals surface area contributed by atoms with Crippen molar-refractivity contribution >= 4 is 22.0 Å². The monoisotopic (exact) mass is 174 g/mol. The Kier molecular flexibility index (Phi) is 2.29. The molecule has 0 saturated heterocycles. The van der Waals surface area contributed by atoms with Crippen LogP contribution in [0.1, 0.15) is 0 Å². The van der Waals surface area contributed by atoms with Gasteiger partial charge in [-0.2, -0.15) is 5.26 Å². The molecule has 1 atom stereocenters. The van der Waals surface area contributed by atoms with E-state index < -0.39 is 10.2 Å². The highest BCUT2D eigenvalue weighted by Gasteiger charge is 2.26. The van der Waals surface area contributed by atoms with Gasteiger partial charge in [-0.1, -0.05) is 10.2 Å². The van der Waals surface area contributed by atoms with Crippen LogP contribution in [0.15, 0.2) is 10.8 Å². The van der Waals surface area contributed by atoms with Crippen LogP contribution >= 0.6 is 22.0 Å². The topological polar surface area (TPSA) is 27.0 Å². The summed E-state index contributed by atoms with van der Waals surface area (Å²) in [5, 5.41) is 16.3. The lowest BCUT2D eigenvalue weighted by atomic mass is 11.2. The van der Waals surface area contributed by atoms with Crippen molar-refractivity contribution < 1.29 is 0 Å². The van der Waals surface area contributed by atoms with E-state index in [-0.39, 0.29) is 0 Å². The quantitative estimate of drug-likeness (QED) is 0.568. The van der Waals surface area contributed by atoms with Gasteiger partial charge in [0.2, 0.25) is 0 Å². The number of nitriles is 1. The van der Waals surface area contributed by atoms with Gasteiger partial charge in [-0.25, -0.2) is 0 Å². The Bertz CT molecular complexity index is 194. The molecular formula is C6H10N2S2. The van der Waals surface area contributed by atoms with Crippen LogP contribution in [-0.2, 0) is 0 Å². The SMILES string of the molecule is CN(C)S1(C#N)C=CSC1. The molecule has 0 aromatic carbocycles. The number of thioether (sulfide) groups is 1. The Morgan fingerprint density at radius 3 is 2.60 bits per heavy atom. The first-order valence-corrected chi connectivity index (χ1v) is 5.76. The van der Waals surface area contributed by atoms with Crippen molar-refractivity contribution in [3.05, 3.63) is 10.8 Å². The molecule has 10 heavy (non-hydrogen) atoms. The van der Waals surface area contributed by atoms with E-state index in [4.69, 9.17) is 5.26 Å². The standard InChI is InChI=1S/C6H10N2S2/c1-8(2)10(5-7)4-3-9-6-10/h3-4H,6H2,1-2H3. The molecule has 0 saturated carbocycles. The minimum Gasteiger partial charge on any atom is -0.258 e. The van der Waals surface area contributed by atoms with Crippen molar-refractivity contribution in [1.82, 2.24) is 4.31 Å². The van der Waals surface area contributed by atoms with Gasteiger partial charge in [0, 0.05) is 0 Å². The van der Waals surface area contributed by atoms with Crippen LogP contribution < -0.4 is 0 Å². The third kappa shape index (κ3) is 1.17. The Morgan fingerprint density at radius 1 is 1.70 bits per heavy atom. The first kappa shape index (κ1) is 7.99. The van der Waals surface area contributed by atoms with E-state index in [1.165, 1.54) is 0 Å². The smallest absolute Gasteiger partial charge is 0.131 e. The average Bonchev–Trinajstić information content (AvgIpc) is 2.35. The van der Waals surface area contributed by atoms with Gasteiger partial charge in [-0.05, 0) is 24.9 Å². The molecule has 56 valence electrons. The molecule has 1 rings (SSSR count). The van der Waals surface area contributed by atoms with Crippen molar-refractivity contribution in [1.29, 1.82) is 5.26 Å². The summed E-state index contributed by atoms with van der Waals surface area (Å²) in [5.74, 6) is 0. The fourth-order valence-electron chi connectivity index (χ4n) is 0.679. The average molecular weight is 174 g/mol. The van der Waals surface area contributed by atoms with Crippen molar-refractivity contribution in [2.45, 2.75) is 0 Å². The molecule has 0 aromatic heterocycles. The largest absolute Gasteiger partial charge is 0.258 e. The van der Waals surface area contributed by atoms with Crippen LogP contribution in [0.5, 0.6) is 0 Å². The van der Waals surface area contributed by atoms with Crippen molar-refractivity contribution in [2.75, 3.05) is 19.2 Å². The minimum absolute atomic E-state index is 0.941. The predicted octanol–water partition coefficient (Wildman–Crippen LogP) is 1.92. The lowest BCUT2D eigenvalue weighted by Crippen LogP contribution is -2.15. The van der Waals surface area contributed by atoms with E-state index in [0.717, 1.165) is 5.08 Å². The molecule has 0 spiro atoms. The fraction of sp³-hybridized carbons (Fsp3) is 0.500. The fourth-order valence-corrected chi connectivity index (χ4v) is 4.71. The lowest BCUT2D eigenvalue weighted by molar-refractivity contribution is 0.693. The molecule has 0 aliphatic carbocycles. The third-order valence-electron chi connectivity index (χ3n) is 1.43. The second-order valence-corrected chi connectivity index (χ2v) is 6.46. The van der Waals surface area contributed by atoms with Crippen molar-refractivity contribution in [3.63, 3.8) is 0 Å². The molecule has 0 fully saturated rings. The molecular weight excluding hydrogens is 164 g/mol. The number of hydrogen-bond acceptors (Lipinski definition) is 3. The summed E-state index contributed by atoms with van der Waals surface area (Å²) in [6, 6.07) is 0. The molecule has 0 bridgehead atoms. The number of nitrogens with zero attached hydrogens (tertiary/aromatic N) is 2. The second-order valence-electron chi connectivity index (χ2n) is 2.21. The normalized spacial score (nSPS) is 37.4. The Morgan fingerprint density at radius 2 is 2.40 bits per heavy atom. The molecule has 1 aliphatic rings. The van der Waals surface area contributed by atoms with E-state index in [2.05, 4.69) is 5.40 Å². The lowest BCUT2D eigenvalue weighted by Gasteiger charge is -2.31. The number of rotatable bonds is 1. The van der Waals surface area contributed by atoms with Gasteiger partial charge in [0.1, 0.15) is 5.40 Å². The Balaban J connectivity index is 2.81. The molecule has 1 unspecified atom stereocenters. The molecule has 0 N–H and O–H groups in total. The summed E-state index contributed by atoms with van der Waals surface area (Å²) < 4.78 is 2.03. The first-order chi connectivity index (χ1) is 4.71. The Hall–Kier alpha value is -0.110. The van der Waals surface area contributed by atoms with Gasteiger partial charge in [0.05, 0.1) is 5.08 Å². The van der Waals surface area contributed by atoms with E-state index in [9.17, 15) is 0 Å². The van der Waals surface area contributed by atoms with Crippen LogP contribution in [0, 0.1) is 10.7 Å². The van der Waals surface area contributed by atoms with Gasteiger partial charge in [-0.3, -0.25) is 4.31 Å². The van der Waals surface area contributed by atoms with Gasteiger partial charge in [0.15, 0.2) is 0 Å². The summed E-state index contributed by atoms with van der Waals surface area (Å²) in [6.45, 7) is 0. The molecule has 0 aromatic rings. The summed E-state index contributed by atoms with van der Waals surface area (Å²) >= 11 is 1.73. The maximum Gasteiger partial charge on any atom is 0.131 e. The van der Waals surface area contributed by atoms with Crippen LogP contribution in [-0.4, -0.2) is 23.5 Å². The highest BCUT2D eigenvalue weighted by Crippen LogP contribution is 2.57.